The van der Waals surface area contributed by atoms with E-state index in [1.807, 2.05) is 19.1 Å². The third-order valence-corrected chi connectivity index (χ3v) is 2.91. The molecule has 1 aromatic carbocycles. The first-order chi connectivity index (χ1) is 5.52. The molecule has 4 heteroatoms. The highest BCUT2D eigenvalue weighted by molar-refractivity contribution is 14.1. The van der Waals surface area contributed by atoms with Gasteiger partial charge in [0.2, 0.25) is 0 Å². The number of benzene rings is 1. The fourth-order valence-electron chi connectivity index (χ4n) is 0.933. The van der Waals surface area contributed by atoms with Crippen molar-refractivity contribution in [2.24, 2.45) is 0 Å². The van der Waals surface area contributed by atoms with Crippen molar-refractivity contribution in [3.63, 3.8) is 0 Å². The van der Waals surface area contributed by atoms with E-state index in [4.69, 9.17) is 34.8 Å². The van der Waals surface area contributed by atoms with Crippen LogP contribution >= 0.6 is 57.4 Å². The van der Waals surface area contributed by atoms with Crippen molar-refractivity contribution in [1.82, 2.24) is 0 Å². The molecule has 0 heterocycles. The quantitative estimate of drug-likeness (QED) is 0.506. The zero-order valence-corrected chi connectivity index (χ0v) is 10.7. The van der Waals surface area contributed by atoms with Gasteiger partial charge in [-0.05, 0) is 41.6 Å². The topological polar surface area (TPSA) is 0 Å². The molecule has 1 rings (SSSR count). The maximum absolute atomic E-state index is 5.96. The van der Waals surface area contributed by atoms with Crippen LogP contribution < -0.4 is 0 Å². The minimum Gasteiger partial charge on any atom is -0.118 e. The lowest BCUT2D eigenvalue weighted by Gasteiger charge is -2.08. The average molecular weight is 335 g/mol. The Bertz CT molecular complexity index is 273. The lowest BCUT2D eigenvalue weighted by Crippen LogP contribution is -1.89. The van der Waals surface area contributed by atoms with Crippen molar-refractivity contribution >= 4 is 57.4 Å². The Kier molecular flexibility index (Phi) is 3.96. The van der Waals surface area contributed by atoms with E-state index in [0.717, 1.165) is 9.13 Å². The maximum atomic E-state index is 5.96. The van der Waals surface area contributed by atoms with Crippen molar-refractivity contribution in [2.75, 3.05) is 0 Å². The van der Waals surface area contributed by atoms with E-state index in [2.05, 4.69) is 22.6 Å². The highest BCUT2D eigenvalue weighted by atomic mass is 127. The second kappa shape index (κ2) is 4.36. The van der Waals surface area contributed by atoms with Gasteiger partial charge in [-0.15, -0.1) is 11.6 Å². The van der Waals surface area contributed by atoms with Gasteiger partial charge in [0.15, 0.2) is 0 Å². The molecule has 0 aliphatic carbocycles. The van der Waals surface area contributed by atoms with Crippen LogP contribution in [0.25, 0.3) is 0 Å². The molecule has 1 aromatic rings. The predicted molar refractivity (Wildman–Crippen MR) is 63.4 cm³/mol. The van der Waals surface area contributed by atoms with Gasteiger partial charge in [0.1, 0.15) is 0 Å². The normalized spacial score (nSPS) is 13.1. The van der Waals surface area contributed by atoms with Gasteiger partial charge in [-0.3, -0.25) is 0 Å². The molecular formula is C8H6Cl3I. The largest absolute Gasteiger partial charge is 0.118 e. The van der Waals surface area contributed by atoms with Crippen LogP contribution in [0.5, 0.6) is 0 Å². The molecule has 0 radical (unpaired) electrons. The Morgan fingerprint density at radius 3 is 2.00 bits per heavy atom. The van der Waals surface area contributed by atoms with Gasteiger partial charge in [0, 0.05) is 19.2 Å². The van der Waals surface area contributed by atoms with Gasteiger partial charge < -0.3 is 0 Å². The first kappa shape index (κ1) is 10.9. The van der Waals surface area contributed by atoms with Crippen LogP contribution in [0.3, 0.4) is 0 Å². The molecule has 0 nitrogen and oxygen atoms in total. The van der Waals surface area contributed by atoms with Gasteiger partial charge in [-0.2, -0.15) is 0 Å². The van der Waals surface area contributed by atoms with E-state index in [1.165, 1.54) is 0 Å². The molecule has 0 spiro atoms. The van der Waals surface area contributed by atoms with Crippen molar-refractivity contribution in [2.45, 2.75) is 12.3 Å². The molecule has 0 aliphatic rings. The molecule has 1 unspecified atom stereocenters. The summed E-state index contributed by atoms with van der Waals surface area (Å²) in [6, 6.07) is 3.70. The third kappa shape index (κ3) is 2.41. The molecule has 0 saturated heterocycles. The Balaban J connectivity index is 3.28. The highest BCUT2D eigenvalue weighted by Gasteiger charge is 2.11. The van der Waals surface area contributed by atoms with Gasteiger partial charge in [-0.25, -0.2) is 0 Å². The first-order valence-corrected chi connectivity index (χ1v) is 5.58. The summed E-state index contributed by atoms with van der Waals surface area (Å²) >= 11 is 20.0. The van der Waals surface area contributed by atoms with E-state index in [0.29, 0.717) is 10.0 Å². The summed E-state index contributed by atoms with van der Waals surface area (Å²) in [5.41, 5.74) is 0.806. The standard InChI is InChI=1S/C8H6Cl3I/c1-4(9)8-6(10)2-5(12)3-7(8)11/h2-4H,1H3. The monoisotopic (exact) mass is 334 g/mol. The lowest BCUT2D eigenvalue weighted by molar-refractivity contribution is 1.08. The fourth-order valence-corrected chi connectivity index (χ4v) is 3.09. The van der Waals surface area contributed by atoms with E-state index < -0.39 is 0 Å². The lowest BCUT2D eigenvalue weighted by atomic mass is 10.2. The van der Waals surface area contributed by atoms with Crippen LogP contribution in [-0.4, -0.2) is 0 Å². The van der Waals surface area contributed by atoms with Crippen molar-refractivity contribution in [3.05, 3.63) is 31.3 Å². The number of hydrogen-bond donors (Lipinski definition) is 0. The van der Waals surface area contributed by atoms with Crippen LogP contribution in [0.2, 0.25) is 10.0 Å². The molecule has 66 valence electrons. The number of rotatable bonds is 1. The van der Waals surface area contributed by atoms with Crippen LogP contribution in [0.1, 0.15) is 17.9 Å². The third-order valence-electron chi connectivity index (χ3n) is 1.44. The van der Waals surface area contributed by atoms with Gasteiger partial charge in [0.25, 0.3) is 0 Å². The molecule has 1 atom stereocenters. The van der Waals surface area contributed by atoms with Crippen molar-refractivity contribution in [1.29, 1.82) is 0 Å². The van der Waals surface area contributed by atoms with Crippen LogP contribution in [0.4, 0.5) is 0 Å². The summed E-state index contributed by atoms with van der Waals surface area (Å²) in [5, 5.41) is 1.12. The Hall–Kier alpha value is 0.820. The predicted octanol–water partition coefficient (Wildman–Crippen LogP) is 4.90. The average Bonchev–Trinajstić information content (AvgIpc) is 1.82. The maximum Gasteiger partial charge on any atom is 0.0586 e. The van der Waals surface area contributed by atoms with E-state index in [-0.39, 0.29) is 5.38 Å². The van der Waals surface area contributed by atoms with Crippen LogP contribution in [-0.2, 0) is 0 Å². The minimum atomic E-state index is -0.151. The second-order valence-electron chi connectivity index (χ2n) is 2.40. The molecule has 0 bridgehead atoms. The first-order valence-electron chi connectivity index (χ1n) is 3.31. The second-order valence-corrected chi connectivity index (χ2v) is 5.11. The van der Waals surface area contributed by atoms with Gasteiger partial charge in [0.05, 0.1) is 5.38 Å². The summed E-state index contributed by atoms with van der Waals surface area (Å²) in [7, 11) is 0. The van der Waals surface area contributed by atoms with Crippen LogP contribution in [0.15, 0.2) is 12.1 Å². The molecule has 0 N–H and O–H groups in total. The molecule has 12 heavy (non-hydrogen) atoms. The van der Waals surface area contributed by atoms with Gasteiger partial charge >= 0.3 is 0 Å². The minimum absolute atomic E-state index is 0.151. The highest BCUT2D eigenvalue weighted by Crippen LogP contribution is 2.34. The van der Waals surface area contributed by atoms with E-state index >= 15 is 0 Å². The van der Waals surface area contributed by atoms with Gasteiger partial charge in [-0.1, -0.05) is 23.2 Å². The molecule has 0 saturated carbocycles. The Morgan fingerprint density at radius 1 is 1.25 bits per heavy atom. The zero-order valence-electron chi connectivity index (χ0n) is 6.24. The summed E-state index contributed by atoms with van der Waals surface area (Å²) in [6.07, 6.45) is 0. The SMILES string of the molecule is CC(Cl)c1c(Cl)cc(I)cc1Cl. The summed E-state index contributed by atoms with van der Waals surface area (Å²) < 4.78 is 1.02. The summed E-state index contributed by atoms with van der Waals surface area (Å²) in [4.78, 5) is 0. The Morgan fingerprint density at radius 2 is 1.67 bits per heavy atom. The fraction of sp³-hybridized carbons (Fsp3) is 0.250. The molecule has 0 fully saturated rings. The summed E-state index contributed by atoms with van der Waals surface area (Å²) in [5.74, 6) is 0. The van der Waals surface area contributed by atoms with E-state index in [9.17, 15) is 0 Å². The van der Waals surface area contributed by atoms with Crippen molar-refractivity contribution in [3.8, 4) is 0 Å². The number of hydrogen-bond acceptors (Lipinski definition) is 0. The Labute approximate surface area is 100 Å². The molecule has 0 aromatic heterocycles. The summed E-state index contributed by atoms with van der Waals surface area (Å²) in [6.45, 7) is 1.85. The number of alkyl halides is 1. The van der Waals surface area contributed by atoms with Crippen LogP contribution in [0, 0.1) is 3.57 Å². The molecule has 0 amide bonds. The molecular weight excluding hydrogens is 329 g/mol. The smallest absolute Gasteiger partial charge is 0.0586 e. The zero-order chi connectivity index (χ0) is 9.30. The van der Waals surface area contributed by atoms with E-state index in [1.54, 1.807) is 0 Å². The van der Waals surface area contributed by atoms with Crippen molar-refractivity contribution < 1.29 is 0 Å². The number of halogens is 4. The molecule has 0 aliphatic heterocycles.